The number of thioether (sulfide) groups is 1. The monoisotopic (exact) mass is 300 g/mol. The van der Waals surface area contributed by atoms with E-state index < -0.39 is 11.6 Å². The number of carbonyl (C=O) groups is 1. The summed E-state index contributed by atoms with van der Waals surface area (Å²) in [5, 5.41) is 3.18. The molecule has 1 aliphatic heterocycles. The van der Waals surface area contributed by atoms with E-state index in [1.807, 2.05) is 11.9 Å². The molecule has 1 aliphatic rings. The lowest BCUT2D eigenvalue weighted by Gasteiger charge is -2.32. The topological polar surface area (TPSA) is 32.3 Å². The van der Waals surface area contributed by atoms with Crippen LogP contribution >= 0.6 is 11.8 Å². The van der Waals surface area contributed by atoms with Gasteiger partial charge in [0.05, 0.1) is 5.75 Å². The van der Waals surface area contributed by atoms with Crippen molar-refractivity contribution in [1.82, 2.24) is 10.2 Å². The summed E-state index contributed by atoms with van der Waals surface area (Å²) in [6.07, 6.45) is 2.07. The Labute approximate surface area is 121 Å². The molecule has 1 saturated heterocycles. The number of likely N-dealkylation sites (tertiary alicyclic amines) is 1. The van der Waals surface area contributed by atoms with Crippen LogP contribution in [0.25, 0.3) is 0 Å². The molecule has 0 aliphatic carbocycles. The summed E-state index contributed by atoms with van der Waals surface area (Å²) in [5.74, 6) is -1.45. The van der Waals surface area contributed by atoms with E-state index in [0.29, 0.717) is 17.5 Å². The smallest absolute Gasteiger partial charge is 0.232 e. The molecule has 0 radical (unpaired) electrons. The molecule has 1 heterocycles. The van der Waals surface area contributed by atoms with Gasteiger partial charge in [-0.15, -0.1) is 11.8 Å². The molecule has 3 nitrogen and oxygen atoms in total. The van der Waals surface area contributed by atoms with Gasteiger partial charge in [-0.05, 0) is 38.1 Å². The van der Waals surface area contributed by atoms with Gasteiger partial charge in [-0.25, -0.2) is 8.78 Å². The Bertz CT molecular complexity index is 484. The summed E-state index contributed by atoms with van der Waals surface area (Å²) in [6, 6.07) is 4.05. The second-order valence-electron chi connectivity index (χ2n) is 4.83. The van der Waals surface area contributed by atoms with E-state index in [9.17, 15) is 13.6 Å². The summed E-state index contributed by atoms with van der Waals surface area (Å²) in [6.45, 7) is 1.49. The number of halogens is 2. The molecular weight excluding hydrogens is 282 g/mol. The highest BCUT2D eigenvalue weighted by molar-refractivity contribution is 8.00. The minimum Gasteiger partial charge on any atom is -0.340 e. The largest absolute Gasteiger partial charge is 0.340 e. The maximum Gasteiger partial charge on any atom is 0.232 e. The molecule has 0 saturated carbocycles. The molecule has 1 atom stereocenters. The minimum atomic E-state index is -0.879. The Morgan fingerprint density at radius 3 is 2.95 bits per heavy atom. The van der Waals surface area contributed by atoms with Crippen LogP contribution in [0.3, 0.4) is 0 Å². The van der Waals surface area contributed by atoms with Crippen molar-refractivity contribution in [2.75, 3.05) is 25.9 Å². The molecular formula is C14H18F2N2OS. The zero-order valence-corrected chi connectivity index (χ0v) is 12.2. The molecule has 20 heavy (non-hydrogen) atoms. The fourth-order valence-electron chi connectivity index (χ4n) is 2.24. The number of carbonyl (C=O) groups excluding carboxylic acids is 1. The Morgan fingerprint density at radius 2 is 2.25 bits per heavy atom. The van der Waals surface area contributed by atoms with Gasteiger partial charge in [0.1, 0.15) is 0 Å². The maximum atomic E-state index is 13.1. The highest BCUT2D eigenvalue weighted by Crippen LogP contribution is 2.21. The van der Waals surface area contributed by atoms with Gasteiger partial charge >= 0.3 is 0 Å². The molecule has 6 heteroatoms. The van der Waals surface area contributed by atoms with Crippen molar-refractivity contribution in [3.63, 3.8) is 0 Å². The molecule has 1 amide bonds. The van der Waals surface area contributed by atoms with Crippen LogP contribution in [-0.2, 0) is 4.79 Å². The summed E-state index contributed by atoms with van der Waals surface area (Å²) < 4.78 is 25.9. The van der Waals surface area contributed by atoms with Gasteiger partial charge in [-0.1, -0.05) is 0 Å². The van der Waals surface area contributed by atoms with Crippen LogP contribution in [0.1, 0.15) is 12.8 Å². The lowest BCUT2D eigenvalue weighted by atomic mass is 10.1. The first-order valence-corrected chi connectivity index (χ1v) is 7.61. The molecule has 2 rings (SSSR count). The average Bonchev–Trinajstić information content (AvgIpc) is 2.48. The molecule has 1 fully saturated rings. The lowest BCUT2D eigenvalue weighted by Crippen LogP contribution is -2.47. The minimum absolute atomic E-state index is 0.0414. The van der Waals surface area contributed by atoms with Gasteiger partial charge in [-0.3, -0.25) is 4.79 Å². The zero-order chi connectivity index (χ0) is 14.5. The van der Waals surface area contributed by atoms with Crippen LogP contribution in [0.5, 0.6) is 0 Å². The fraction of sp³-hybridized carbons (Fsp3) is 0.500. The molecule has 1 N–H and O–H groups in total. The SMILES string of the molecule is CNC1CCCN(C(=O)CSc2ccc(F)c(F)c2)C1. The van der Waals surface area contributed by atoms with Crippen molar-refractivity contribution in [1.29, 1.82) is 0 Å². The predicted molar refractivity (Wildman–Crippen MR) is 75.7 cm³/mol. The predicted octanol–water partition coefficient (Wildman–Crippen LogP) is 2.27. The second-order valence-corrected chi connectivity index (χ2v) is 5.88. The Hall–Kier alpha value is -1.14. The number of nitrogens with one attached hydrogen (secondary N) is 1. The van der Waals surface area contributed by atoms with Crippen LogP contribution in [0.2, 0.25) is 0 Å². The van der Waals surface area contributed by atoms with Gasteiger partial charge in [0.15, 0.2) is 11.6 Å². The van der Waals surface area contributed by atoms with E-state index in [1.54, 1.807) is 0 Å². The second kappa shape index (κ2) is 7.04. The van der Waals surface area contributed by atoms with Crippen LogP contribution in [-0.4, -0.2) is 42.7 Å². The third-order valence-corrected chi connectivity index (χ3v) is 4.41. The lowest BCUT2D eigenvalue weighted by molar-refractivity contribution is -0.129. The normalized spacial score (nSPS) is 19.1. The molecule has 0 spiro atoms. The standard InChI is InChI=1S/C14H18F2N2OS/c1-17-10-3-2-6-18(8-10)14(19)9-20-11-4-5-12(15)13(16)7-11/h4-5,7,10,17H,2-3,6,8-9H2,1H3. The average molecular weight is 300 g/mol. The first-order chi connectivity index (χ1) is 9.60. The Morgan fingerprint density at radius 1 is 1.45 bits per heavy atom. The Kier molecular flexibility index (Phi) is 5.37. The highest BCUT2D eigenvalue weighted by atomic mass is 32.2. The van der Waals surface area contributed by atoms with Gasteiger partial charge < -0.3 is 10.2 Å². The number of rotatable bonds is 4. The third-order valence-electron chi connectivity index (χ3n) is 3.44. The molecule has 1 aromatic rings. The Balaban J connectivity index is 1.86. The first-order valence-electron chi connectivity index (χ1n) is 6.63. The molecule has 110 valence electrons. The third kappa shape index (κ3) is 3.93. The van der Waals surface area contributed by atoms with Gasteiger partial charge in [0.2, 0.25) is 5.91 Å². The van der Waals surface area contributed by atoms with E-state index in [-0.39, 0.29) is 11.7 Å². The summed E-state index contributed by atoms with van der Waals surface area (Å²) in [5.41, 5.74) is 0. The van der Waals surface area contributed by atoms with Crippen molar-refractivity contribution < 1.29 is 13.6 Å². The number of piperidine rings is 1. The first kappa shape index (κ1) is 15.3. The quantitative estimate of drug-likeness (QED) is 0.866. The highest BCUT2D eigenvalue weighted by Gasteiger charge is 2.22. The van der Waals surface area contributed by atoms with Crippen molar-refractivity contribution in [2.24, 2.45) is 0 Å². The molecule has 1 unspecified atom stereocenters. The number of amides is 1. The number of hydrogen-bond acceptors (Lipinski definition) is 3. The molecule has 0 aromatic heterocycles. The summed E-state index contributed by atoms with van der Waals surface area (Å²) in [7, 11) is 1.90. The summed E-state index contributed by atoms with van der Waals surface area (Å²) >= 11 is 1.24. The van der Waals surface area contributed by atoms with Crippen molar-refractivity contribution >= 4 is 17.7 Å². The van der Waals surface area contributed by atoms with Crippen LogP contribution in [0.15, 0.2) is 23.1 Å². The fourth-order valence-corrected chi connectivity index (χ4v) is 3.07. The van der Waals surface area contributed by atoms with E-state index in [0.717, 1.165) is 31.5 Å². The number of benzene rings is 1. The van der Waals surface area contributed by atoms with Crippen molar-refractivity contribution in [2.45, 2.75) is 23.8 Å². The van der Waals surface area contributed by atoms with Crippen LogP contribution < -0.4 is 5.32 Å². The van der Waals surface area contributed by atoms with E-state index in [4.69, 9.17) is 0 Å². The zero-order valence-electron chi connectivity index (χ0n) is 11.4. The van der Waals surface area contributed by atoms with E-state index in [1.165, 1.54) is 17.8 Å². The van der Waals surface area contributed by atoms with Gasteiger partial charge in [0.25, 0.3) is 0 Å². The van der Waals surface area contributed by atoms with Gasteiger partial charge in [0, 0.05) is 24.0 Å². The summed E-state index contributed by atoms with van der Waals surface area (Å²) in [4.78, 5) is 14.5. The van der Waals surface area contributed by atoms with E-state index in [2.05, 4.69) is 5.32 Å². The number of nitrogens with zero attached hydrogens (tertiary/aromatic N) is 1. The van der Waals surface area contributed by atoms with Crippen LogP contribution in [0.4, 0.5) is 8.78 Å². The van der Waals surface area contributed by atoms with Crippen molar-refractivity contribution in [3.05, 3.63) is 29.8 Å². The molecule has 0 bridgehead atoms. The van der Waals surface area contributed by atoms with E-state index >= 15 is 0 Å². The van der Waals surface area contributed by atoms with Gasteiger partial charge in [-0.2, -0.15) is 0 Å². The van der Waals surface area contributed by atoms with Crippen LogP contribution in [0, 0.1) is 11.6 Å². The number of hydrogen-bond donors (Lipinski definition) is 1. The van der Waals surface area contributed by atoms with Crippen molar-refractivity contribution in [3.8, 4) is 0 Å². The molecule has 1 aromatic carbocycles. The maximum absolute atomic E-state index is 13.1. The number of likely N-dealkylation sites (N-methyl/N-ethyl adjacent to an activating group) is 1.